The van der Waals surface area contributed by atoms with Gasteiger partial charge in [0.15, 0.2) is 11.6 Å². The van der Waals surface area contributed by atoms with Gasteiger partial charge in [-0.25, -0.2) is 13.2 Å². The van der Waals surface area contributed by atoms with Crippen LogP contribution in [0.2, 0.25) is 0 Å². The van der Waals surface area contributed by atoms with E-state index < -0.39 is 23.6 Å². The fourth-order valence-electron chi connectivity index (χ4n) is 3.57. The van der Waals surface area contributed by atoms with E-state index in [1.165, 1.54) is 30.3 Å². The molecule has 5 heteroatoms. The van der Waals surface area contributed by atoms with Crippen LogP contribution >= 0.6 is 0 Å². The molecule has 2 atom stereocenters. The Morgan fingerprint density at radius 2 is 1.96 bits per heavy atom. The van der Waals surface area contributed by atoms with Crippen molar-refractivity contribution in [1.82, 2.24) is 0 Å². The summed E-state index contributed by atoms with van der Waals surface area (Å²) < 4.78 is 54.6. The van der Waals surface area contributed by atoms with Gasteiger partial charge in [-0.1, -0.05) is 36.9 Å². The van der Waals surface area contributed by atoms with Gasteiger partial charge in [0.2, 0.25) is 0 Å². The zero-order valence-corrected chi connectivity index (χ0v) is 16.0. The number of rotatable bonds is 7. The van der Waals surface area contributed by atoms with Gasteiger partial charge in [-0.15, -0.1) is 0 Å². The van der Waals surface area contributed by atoms with Crippen molar-refractivity contribution in [2.75, 3.05) is 19.8 Å². The third-order valence-corrected chi connectivity index (χ3v) is 5.24. The van der Waals surface area contributed by atoms with Gasteiger partial charge < -0.3 is 9.47 Å². The molecule has 2 aromatic carbocycles. The highest BCUT2D eigenvalue weighted by molar-refractivity contribution is 5.67. The highest BCUT2D eigenvalue weighted by atomic mass is 19.2. The van der Waals surface area contributed by atoms with Gasteiger partial charge in [-0.2, -0.15) is 0 Å². The second kappa shape index (κ2) is 9.39. The average Bonchev–Trinajstić information content (AvgIpc) is 2.71. The van der Waals surface area contributed by atoms with Gasteiger partial charge in [-0.3, -0.25) is 0 Å². The van der Waals surface area contributed by atoms with E-state index in [0.717, 1.165) is 12.8 Å². The Morgan fingerprint density at radius 3 is 2.61 bits per heavy atom. The summed E-state index contributed by atoms with van der Waals surface area (Å²) in [4.78, 5) is 0. The molecule has 0 radical (unpaired) electrons. The van der Waals surface area contributed by atoms with Crippen LogP contribution in [-0.4, -0.2) is 19.8 Å². The summed E-state index contributed by atoms with van der Waals surface area (Å²) in [7, 11) is 0. The molecular formula is C23H25F3O2. The van der Waals surface area contributed by atoms with Crippen LogP contribution < -0.4 is 0 Å². The summed E-state index contributed by atoms with van der Waals surface area (Å²) in [6.45, 7) is 7.36. The number of ether oxygens (including phenoxy) is 2. The molecular weight excluding hydrogens is 365 g/mol. The van der Waals surface area contributed by atoms with Crippen molar-refractivity contribution in [3.8, 4) is 11.1 Å². The zero-order valence-electron chi connectivity index (χ0n) is 16.0. The Kier molecular flexibility index (Phi) is 6.92. The topological polar surface area (TPSA) is 18.5 Å². The molecule has 0 amide bonds. The Hall–Kier alpha value is -2.11. The quantitative estimate of drug-likeness (QED) is 0.516. The van der Waals surface area contributed by atoms with Crippen molar-refractivity contribution in [3.63, 3.8) is 0 Å². The lowest BCUT2D eigenvalue weighted by atomic mass is 9.91. The van der Waals surface area contributed by atoms with E-state index in [1.807, 2.05) is 6.92 Å². The van der Waals surface area contributed by atoms with Crippen molar-refractivity contribution < 1.29 is 22.6 Å². The number of halogens is 3. The molecule has 0 aromatic heterocycles. The molecule has 1 fully saturated rings. The maximum atomic E-state index is 14.7. The average molecular weight is 390 g/mol. The van der Waals surface area contributed by atoms with E-state index in [9.17, 15) is 13.2 Å². The molecule has 2 unspecified atom stereocenters. The molecule has 0 spiro atoms. The van der Waals surface area contributed by atoms with Crippen LogP contribution in [0.4, 0.5) is 13.2 Å². The minimum atomic E-state index is -0.981. The van der Waals surface area contributed by atoms with Crippen LogP contribution in [0, 0.1) is 23.4 Å². The normalized spacial score (nSPS) is 19.6. The van der Waals surface area contributed by atoms with Crippen molar-refractivity contribution in [2.45, 2.75) is 32.3 Å². The van der Waals surface area contributed by atoms with Crippen LogP contribution in [-0.2, 0) is 9.47 Å². The summed E-state index contributed by atoms with van der Waals surface area (Å²) in [6.07, 6.45) is 3.33. The van der Waals surface area contributed by atoms with Crippen molar-refractivity contribution in [2.24, 2.45) is 5.92 Å². The molecule has 150 valence electrons. The predicted molar refractivity (Wildman–Crippen MR) is 104 cm³/mol. The first-order valence-electron chi connectivity index (χ1n) is 9.64. The Balaban J connectivity index is 1.74. The molecule has 1 saturated heterocycles. The number of benzene rings is 2. The monoisotopic (exact) mass is 390 g/mol. The van der Waals surface area contributed by atoms with Crippen molar-refractivity contribution >= 4 is 6.08 Å². The highest BCUT2D eigenvalue weighted by Gasteiger charge is 2.27. The smallest absolute Gasteiger partial charge is 0.167 e. The highest BCUT2D eigenvalue weighted by Crippen LogP contribution is 2.36. The molecule has 2 aromatic rings. The molecule has 28 heavy (non-hydrogen) atoms. The minimum absolute atomic E-state index is 0.0289. The molecule has 1 aliphatic rings. The molecule has 2 nitrogen and oxygen atoms in total. The summed E-state index contributed by atoms with van der Waals surface area (Å²) in [6, 6.07) is 7.26. The first-order chi connectivity index (χ1) is 13.5. The second-order valence-corrected chi connectivity index (χ2v) is 7.02. The zero-order chi connectivity index (χ0) is 20.1. The third kappa shape index (κ3) is 4.47. The van der Waals surface area contributed by atoms with Crippen LogP contribution in [0.15, 0.2) is 36.9 Å². The van der Waals surface area contributed by atoms with E-state index in [1.54, 1.807) is 6.07 Å². The van der Waals surface area contributed by atoms with Gasteiger partial charge in [0.05, 0.1) is 12.7 Å². The van der Waals surface area contributed by atoms with E-state index in [0.29, 0.717) is 37.7 Å². The summed E-state index contributed by atoms with van der Waals surface area (Å²) >= 11 is 0. The van der Waals surface area contributed by atoms with E-state index in [-0.39, 0.29) is 16.7 Å². The molecule has 1 aliphatic heterocycles. The largest absolute Gasteiger partial charge is 0.382 e. The lowest BCUT2D eigenvalue weighted by Gasteiger charge is -2.29. The van der Waals surface area contributed by atoms with Crippen molar-refractivity contribution in [1.29, 1.82) is 0 Å². The van der Waals surface area contributed by atoms with E-state index >= 15 is 0 Å². The minimum Gasteiger partial charge on any atom is -0.382 e. The maximum absolute atomic E-state index is 14.7. The summed E-state index contributed by atoms with van der Waals surface area (Å²) in [5.74, 6) is -2.06. The SMILES string of the molecule is C=Cc1ccc(-c2ccc(C3CCC(CCOCC)CO3)c(F)c2F)cc1F. The summed E-state index contributed by atoms with van der Waals surface area (Å²) in [5.41, 5.74) is 0.844. The first-order valence-corrected chi connectivity index (χ1v) is 9.64. The molecule has 0 N–H and O–H groups in total. The van der Waals surface area contributed by atoms with Gasteiger partial charge in [-0.05, 0) is 43.7 Å². The van der Waals surface area contributed by atoms with Gasteiger partial charge in [0, 0.05) is 29.9 Å². The molecule has 0 aliphatic carbocycles. The Morgan fingerprint density at radius 1 is 1.14 bits per heavy atom. The number of hydrogen-bond donors (Lipinski definition) is 0. The lowest BCUT2D eigenvalue weighted by Crippen LogP contribution is -2.22. The van der Waals surface area contributed by atoms with Crippen LogP contribution in [0.5, 0.6) is 0 Å². The van der Waals surface area contributed by atoms with Gasteiger partial charge >= 0.3 is 0 Å². The molecule has 1 heterocycles. The van der Waals surface area contributed by atoms with E-state index in [2.05, 4.69) is 6.58 Å². The molecule has 3 rings (SSSR count). The summed E-state index contributed by atoms with van der Waals surface area (Å²) in [5, 5.41) is 0. The number of hydrogen-bond acceptors (Lipinski definition) is 2. The molecule has 0 saturated carbocycles. The van der Waals surface area contributed by atoms with E-state index in [4.69, 9.17) is 9.47 Å². The predicted octanol–water partition coefficient (Wildman–Crippen LogP) is 6.31. The van der Waals surface area contributed by atoms with Gasteiger partial charge in [0.1, 0.15) is 5.82 Å². The van der Waals surface area contributed by atoms with Crippen LogP contribution in [0.25, 0.3) is 17.2 Å². The van der Waals surface area contributed by atoms with Crippen LogP contribution in [0.3, 0.4) is 0 Å². The standard InChI is InChI=1S/C23H25F3O2/c1-3-16-6-7-17(13-20(16)24)18-8-9-19(23(26)22(18)25)21-10-5-15(14-28-21)11-12-27-4-2/h3,6-9,13,15,21H,1,4-5,10-12,14H2,2H3. The Bertz CT molecular complexity index is 827. The van der Waals surface area contributed by atoms with Crippen LogP contribution in [0.1, 0.15) is 43.4 Å². The second-order valence-electron chi connectivity index (χ2n) is 7.02. The fraction of sp³-hybridized carbons (Fsp3) is 0.391. The van der Waals surface area contributed by atoms with Crippen molar-refractivity contribution in [3.05, 3.63) is 65.5 Å². The fourth-order valence-corrected chi connectivity index (χ4v) is 3.57. The first kappa shape index (κ1) is 20.6. The third-order valence-electron chi connectivity index (χ3n) is 5.24. The maximum Gasteiger partial charge on any atom is 0.167 e. The molecule has 0 bridgehead atoms. The lowest BCUT2D eigenvalue weighted by molar-refractivity contribution is -0.0278. The van der Waals surface area contributed by atoms with Gasteiger partial charge in [0.25, 0.3) is 0 Å². The Labute approximate surface area is 164 Å².